The fraction of sp³-hybridized carbons (Fsp3) is 0.733. The van der Waals surface area contributed by atoms with Gasteiger partial charge >= 0.3 is 0 Å². The largest absolute Gasteiger partial charge is 0.393 e. The van der Waals surface area contributed by atoms with Crippen LogP contribution in [0.4, 0.5) is 0 Å². The topological polar surface area (TPSA) is 127 Å². The summed E-state index contributed by atoms with van der Waals surface area (Å²) in [6.07, 6.45) is 8.71. The monoisotopic (exact) mass is 525 g/mol. The highest BCUT2D eigenvalue weighted by Gasteiger charge is 2.57. The second-order valence-corrected chi connectivity index (χ2v) is 13.4. The molecule has 2 aliphatic heterocycles. The maximum Gasteiger partial charge on any atom is 0.253 e. The second-order valence-electron chi connectivity index (χ2n) is 13.4. The molecule has 4 saturated carbocycles. The smallest absolute Gasteiger partial charge is 0.253 e. The molecule has 8 heteroatoms. The van der Waals surface area contributed by atoms with Gasteiger partial charge in [-0.05, 0) is 105 Å². The van der Waals surface area contributed by atoms with Crippen LogP contribution in [0.5, 0.6) is 0 Å². The van der Waals surface area contributed by atoms with Crippen molar-refractivity contribution < 1.29 is 24.9 Å². The van der Waals surface area contributed by atoms with Gasteiger partial charge in [0.1, 0.15) is 0 Å². The summed E-state index contributed by atoms with van der Waals surface area (Å²) in [4.78, 5) is 29.3. The summed E-state index contributed by atoms with van der Waals surface area (Å²) in [6, 6.07) is 8.58. The predicted octanol–water partition coefficient (Wildman–Crippen LogP) is 2.01. The first-order valence-corrected chi connectivity index (χ1v) is 14.6. The average molecular weight is 526 g/mol. The number of hydrogen-bond donors (Lipinski definition) is 4. The zero-order valence-corrected chi connectivity index (χ0v) is 22.3. The van der Waals surface area contributed by atoms with Crippen molar-refractivity contribution >= 4 is 11.8 Å². The minimum atomic E-state index is -1.40. The number of carbonyl (C=O) groups is 2. The SMILES string of the molecule is NC(=O)c1cccc(C2CC3CCC(C2)N3CCN(CC23CC4CC(CC(O)(C4)C2)C3)C(=O)[C@@H](O)CO)c1. The first-order valence-electron chi connectivity index (χ1n) is 14.6. The Morgan fingerprint density at radius 2 is 1.76 bits per heavy atom. The van der Waals surface area contributed by atoms with Crippen molar-refractivity contribution in [2.45, 2.75) is 93.9 Å². The molecule has 2 saturated heterocycles. The minimum absolute atomic E-state index is 0.0823. The summed E-state index contributed by atoms with van der Waals surface area (Å²) < 4.78 is 0. The Morgan fingerprint density at radius 1 is 1.08 bits per heavy atom. The Labute approximate surface area is 225 Å². The summed E-state index contributed by atoms with van der Waals surface area (Å²) in [5, 5.41) is 31.1. The van der Waals surface area contributed by atoms with E-state index in [4.69, 9.17) is 5.73 Å². The lowest BCUT2D eigenvalue weighted by Crippen LogP contribution is -2.60. The highest BCUT2D eigenvalue weighted by atomic mass is 16.3. The van der Waals surface area contributed by atoms with E-state index in [1.807, 2.05) is 12.1 Å². The number of aliphatic hydroxyl groups excluding tert-OH is 2. The molecule has 0 spiro atoms. The van der Waals surface area contributed by atoms with Gasteiger partial charge in [0.05, 0.1) is 12.2 Å². The van der Waals surface area contributed by atoms with Crippen LogP contribution in [-0.4, -0.2) is 87.0 Å². The van der Waals surface area contributed by atoms with Gasteiger partial charge in [-0.1, -0.05) is 12.1 Å². The summed E-state index contributed by atoms with van der Waals surface area (Å²) in [5.74, 6) is 0.673. The van der Waals surface area contributed by atoms with Gasteiger partial charge in [-0.2, -0.15) is 0 Å². The molecule has 4 aliphatic carbocycles. The maximum absolute atomic E-state index is 13.3. The first kappa shape index (κ1) is 26.2. The third-order valence-corrected chi connectivity index (χ3v) is 10.6. The number of carbonyl (C=O) groups excluding carboxylic acids is 2. The fourth-order valence-corrected chi connectivity index (χ4v) is 9.64. The summed E-state index contributed by atoms with van der Waals surface area (Å²) in [5.41, 5.74) is 6.57. The van der Waals surface area contributed by atoms with Crippen LogP contribution in [0.1, 0.15) is 86.0 Å². The molecular weight excluding hydrogens is 482 g/mol. The van der Waals surface area contributed by atoms with E-state index < -0.39 is 24.2 Å². The Bertz CT molecular complexity index is 1050. The van der Waals surface area contributed by atoms with Crippen molar-refractivity contribution in [2.75, 3.05) is 26.2 Å². The van der Waals surface area contributed by atoms with Crippen molar-refractivity contribution in [3.8, 4) is 0 Å². The van der Waals surface area contributed by atoms with E-state index in [9.17, 15) is 24.9 Å². The van der Waals surface area contributed by atoms with Crippen LogP contribution in [-0.2, 0) is 4.79 Å². The normalized spacial score (nSPS) is 38.3. The molecule has 8 nitrogen and oxygen atoms in total. The van der Waals surface area contributed by atoms with Crippen LogP contribution < -0.4 is 5.73 Å². The molecule has 38 heavy (non-hydrogen) atoms. The number of fused-ring (bicyclic) bond motifs is 2. The molecule has 6 aliphatic rings. The lowest BCUT2D eigenvalue weighted by Gasteiger charge is -2.61. The van der Waals surface area contributed by atoms with Gasteiger partial charge < -0.3 is 26.0 Å². The third-order valence-electron chi connectivity index (χ3n) is 10.6. The van der Waals surface area contributed by atoms with Gasteiger partial charge in [0.15, 0.2) is 6.10 Å². The molecule has 0 aromatic heterocycles. The van der Waals surface area contributed by atoms with Crippen LogP contribution in [0.25, 0.3) is 0 Å². The van der Waals surface area contributed by atoms with E-state index in [0.717, 1.165) is 64.3 Å². The molecule has 5 atom stereocenters. The maximum atomic E-state index is 13.3. The summed E-state index contributed by atoms with van der Waals surface area (Å²) in [7, 11) is 0. The molecule has 5 N–H and O–H groups in total. The Morgan fingerprint density at radius 3 is 2.37 bits per heavy atom. The molecule has 2 heterocycles. The number of amides is 2. The van der Waals surface area contributed by atoms with E-state index in [-0.39, 0.29) is 11.3 Å². The van der Waals surface area contributed by atoms with Crippen LogP contribution >= 0.6 is 0 Å². The number of benzene rings is 1. The Balaban J connectivity index is 1.14. The van der Waals surface area contributed by atoms with Gasteiger partial charge in [-0.25, -0.2) is 0 Å². The Hall–Kier alpha value is -2.00. The lowest BCUT2D eigenvalue weighted by atomic mass is 9.48. The summed E-state index contributed by atoms with van der Waals surface area (Å²) >= 11 is 0. The number of nitrogens with two attached hydrogens (primary N) is 1. The van der Waals surface area contributed by atoms with Gasteiger partial charge in [-0.3, -0.25) is 14.5 Å². The zero-order valence-electron chi connectivity index (χ0n) is 22.3. The standard InChI is InChI=1S/C30H43N3O5/c31-27(36)22-3-1-2-21(9-22)23-10-24-4-5-25(11-23)33(24)7-6-32(28(37)26(35)16-34)18-29-12-19-8-20(13-29)15-30(38,14-19)17-29/h1-3,9,19-20,23-26,34-35,38H,4-8,10-18H2,(H2,31,36)/t19?,20?,23?,24?,25?,26-,29?,30?/m0/s1. The van der Waals surface area contributed by atoms with Crippen LogP contribution in [0.3, 0.4) is 0 Å². The Kier molecular flexibility index (Phi) is 6.82. The molecule has 1 aromatic carbocycles. The predicted molar refractivity (Wildman–Crippen MR) is 142 cm³/mol. The molecule has 4 unspecified atom stereocenters. The van der Waals surface area contributed by atoms with Crippen molar-refractivity contribution in [2.24, 2.45) is 23.0 Å². The highest BCUT2D eigenvalue weighted by molar-refractivity contribution is 5.92. The molecule has 7 rings (SSSR count). The molecular formula is C30H43N3O5. The molecule has 1 aromatic rings. The lowest BCUT2D eigenvalue weighted by molar-refractivity contribution is -0.175. The first-order chi connectivity index (χ1) is 18.2. The van der Waals surface area contributed by atoms with Gasteiger partial charge in [0, 0.05) is 37.3 Å². The van der Waals surface area contributed by atoms with Gasteiger partial charge in [-0.15, -0.1) is 0 Å². The quantitative estimate of drug-likeness (QED) is 0.391. The van der Waals surface area contributed by atoms with E-state index in [2.05, 4.69) is 11.0 Å². The summed E-state index contributed by atoms with van der Waals surface area (Å²) in [6.45, 7) is 1.27. The number of primary amides is 1. The van der Waals surface area contributed by atoms with Crippen LogP contribution in [0, 0.1) is 17.3 Å². The van der Waals surface area contributed by atoms with Gasteiger partial charge in [0.2, 0.25) is 5.91 Å². The van der Waals surface area contributed by atoms with Gasteiger partial charge in [0.25, 0.3) is 5.91 Å². The molecule has 208 valence electrons. The van der Waals surface area contributed by atoms with Crippen LogP contribution in [0.15, 0.2) is 24.3 Å². The number of piperidine rings is 1. The van der Waals surface area contributed by atoms with Crippen molar-refractivity contribution in [3.63, 3.8) is 0 Å². The molecule has 6 bridgehead atoms. The highest BCUT2D eigenvalue weighted by Crippen LogP contribution is 2.61. The minimum Gasteiger partial charge on any atom is -0.393 e. The third kappa shape index (κ3) is 4.89. The number of rotatable bonds is 9. The molecule has 6 fully saturated rings. The second kappa shape index (κ2) is 9.88. The van der Waals surface area contributed by atoms with E-state index >= 15 is 0 Å². The number of aliphatic hydroxyl groups is 3. The van der Waals surface area contributed by atoms with E-state index in [0.29, 0.717) is 48.5 Å². The average Bonchev–Trinajstić information content (AvgIpc) is 3.10. The molecule has 0 radical (unpaired) electrons. The number of nitrogens with zero attached hydrogens (tertiary/aromatic N) is 2. The van der Waals surface area contributed by atoms with Crippen molar-refractivity contribution in [1.29, 1.82) is 0 Å². The van der Waals surface area contributed by atoms with E-state index in [1.165, 1.54) is 12.0 Å². The zero-order chi connectivity index (χ0) is 26.7. The fourth-order valence-electron chi connectivity index (χ4n) is 9.64. The number of hydrogen-bond acceptors (Lipinski definition) is 6. The van der Waals surface area contributed by atoms with Crippen molar-refractivity contribution in [1.82, 2.24) is 9.80 Å². The molecule has 2 amide bonds. The van der Waals surface area contributed by atoms with Crippen molar-refractivity contribution in [3.05, 3.63) is 35.4 Å². The van der Waals surface area contributed by atoms with Crippen LogP contribution in [0.2, 0.25) is 0 Å². The van der Waals surface area contributed by atoms with E-state index in [1.54, 1.807) is 11.0 Å².